The van der Waals surface area contributed by atoms with Crippen LogP contribution in [0, 0.1) is 0 Å². The molecular weight excluding hydrogens is 364 g/mol. The van der Waals surface area contributed by atoms with Crippen molar-refractivity contribution in [2.45, 2.75) is 26.2 Å². The van der Waals surface area contributed by atoms with Gasteiger partial charge in [0, 0.05) is 23.4 Å². The number of benzene rings is 2. The molecule has 4 heteroatoms. The minimum absolute atomic E-state index is 0.139. The first-order valence-corrected chi connectivity index (χ1v) is 9.87. The second-order valence-corrected chi connectivity index (χ2v) is 7.14. The lowest BCUT2D eigenvalue weighted by Gasteiger charge is -2.12. The van der Waals surface area contributed by atoms with Crippen LogP contribution in [0.25, 0.3) is 11.5 Å². The Hall–Kier alpha value is -2.98. The number of rotatable bonds is 6. The van der Waals surface area contributed by atoms with E-state index in [0.29, 0.717) is 16.6 Å². The Kier molecular flexibility index (Phi) is 6.56. The summed E-state index contributed by atoms with van der Waals surface area (Å²) in [5.74, 6) is 0.629. The van der Waals surface area contributed by atoms with Crippen molar-refractivity contribution < 1.29 is 9.67 Å². The molecule has 0 bridgehead atoms. The highest BCUT2D eigenvalue weighted by atomic mass is 32.1. The van der Waals surface area contributed by atoms with Crippen LogP contribution in [0.15, 0.2) is 85.2 Å². The summed E-state index contributed by atoms with van der Waals surface area (Å²) in [5.41, 5.74) is 3.41. The van der Waals surface area contributed by atoms with Gasteiger partial charge in [-0.2, -0.15) is 4.57 Å². The van der Waals surface area contributed by atoms with Crippen molar-refractivity contribution in [2.24, 2.45) is 0 Å². The molecule has 1 unspecified atom stereocenters. The van der Waals surface area contributed by atoms with Crippen molar-refractivity contribution in [1.82, 2.24) is 0 Å². The molecule has 2 N–H and O–H groups in total. The number of hydrogen-bond donors (Lipinski definition) is 2. The molecule has 28 heavy (non-hydrogen) atoms. The van der Waals surface area contributed by atoms with Gasteiger partial charge in [0.25, 0.3) is 5.70 Å². The highest BCUT2D eigenvalue weighted by Crippen LogP contribution is 2.23. The molecule has 3 nitrogen and oxygen atoms in total. The molecule has 0 saturated carbocycles. The summed E-state index contributed by atoms with van der Waals surface area (Å²) in [6.45, 7) is 4.38. The quantitative estimate of drug-likeness (QED) is 0.242. The normalized spacial score (nSPS) is 12.8. The monoisotopic (exact) mass is 389 g/mol. The SMILES string of the molecule is CCC(C)c1ccc(/C(O)=C(\C(=S)Nc2ccccc2)[n+]2ccccc2)cc1. The Morgan fingerprint density at radius 3 is 2.18 bits per heavy atom. The zero-order chi connectivity index (χ0) is 19.9. The lowest BCUT2D eigenvalue weighted by atomic mass is 9.97. The number of thiocarbonyl (C=S) groups is 1. The standard InChI is InChI=1S/C24H24N2OS/c1-3-18(2)19-12-14-20(15-13-19)23(27)22(26-16-8-5-9-17-26)24(28)25-21-10-6-4-7-11-21/h4-18H,3H2,1-2H3,(H-,25,27,28)/p+1. The van der Waals surface area contributed by atoms with Gasteiger partial charge in [0.15, 0.2) is 23.1 Å². The van der Waals surface area contributed by atoms with Gasteiger partial charge in [0.1, 0.15) is 0 Å². The Morgan fingerprint density at radius 1 is 0.964 bits per heavy atom. The van der Waals surface area contributed by atoms with E-state index < -0.39 is 0 Å². The van der Waals surface area contributed by atoms with Crippen molar-refractivity contribution in [1.29, 1.82) is 0 Å². The second kappa shape index (κ2) is 9.29. The molecule has 1 atom stereocenters. The summed E-state index contributed by atoms with van der Waals surface area (Å²) in [7, 11) is 0. The lowest BCUT2D eigenvalue weighted by molar-refractivity contribution is -0.575. The van der Waals surface area contributed by atoms with Crippen molar-refractivity contribution in [2.75, 3.05) is 5.32 Å². The minimum atomic E-state index is 0.139. The molecule has 0 amide bonds. The maximum absolute atomic E-state index is 11.1. The number of hydrogen-bond acceptors (Lipinski definition) is 2. The highest BCUT2D eigenvalue weighted by Gasteiger charge is 2.23. The Bertz CT molecular complexity index is 951. The number of nitrogens with one attached hydrogen (secondary N) is 1. The average molecular weight is 390 g/mol. The van der Waals surface area contributed by atoms with Crippen LogP contribution in [0.4, 0.5) is 5.69 Å². The van der Waals surface area contributed by atoms with E-state index in [4.69, 9.17) is 12.2 Å². The van der Waals surface area contributed by atoms with Crippen LogP contribution < -0.4 is 9.88 Å². The number of pyridine rings is 1. The first-order valence-electron chi connectivity index (χ1n) is 9.46. The van der Waals surface area contributed by atoms with Crippen LogP contribution in [0.3, 0.4) is 0 Å². The summed E-state index contributed by atoms with van der Waals surface area (Å²) in [5, 5.41) is 14.3. The van der Waals surface area contributed by atoms with Gasteiger partial charge in [-0.15, -0.1) is 0 Å². The van der Waals surface area contributed by atoms with Gasteiger partial charge in [-0.1, -0.05) is 74.6 Å². The number of aromatic nitrogens is 1. The van der Waals surface area contributed by atoms with E-state index in [0.717, 1.165) is 17.7 Å². The van der Waals surface area contributed by atoms with Gasteiger partial charge in [-0.05, 0) is 30.0 Å². The molecule has 0 radical (unpaired) electrons. The first-order chi connectivity index (χ1) is 13.6. The molecule has 1 heterocycles. The topological polar surface area (TPSA) is 36.1 Å². The van der Waals surface area contributed by atoms with E-state index in [1.807, 2.05) is 77.6 Å². The Morgan fingerprint density at radius 2 is 1.57 bits per heavy atom. The largest absolute Gasteiger partial charge is 0.502 e. The molecular formula is C24H25N2OS+. The third-order valence-corrected chi connectivity index (χ3v) is 5.11. The lowest BCUT2D eigenvalue weighted by Crippen LogP contribution is -2.38. The fourth-order valence-electron chi connectivity index (χ4n) is 2.95. The van der Waals surface area contributed by atoms with Crippen molar-refractivity contribution >= 4 is 34.3 Å². The van der Waals surface area contributed by atoms with E-state index in [-0.39, 0.29) is 5.76 Å². The molecule has 142 valence electrons. The average Bonchev–Trinajstić information content (AvgIpc) is 2.75. The number of anilines is 1. The van der Waals surface area contributed by atoms with Crippen LogP contribution >= 0.6 is 12.2 Å². The zero-order valence-corrected chi connectivity index (χ0v) is 17.0. The van der Waals surface area contributed by atoms with Gasteiger partial charge in [0.05, 0.1) is 0 Å². The van der Waals surface area contributed by atoms with E-state index >= 15 is 0 Å². The number of aliphatic hydroxyl groups is 1. The zero-order valence-electron chi connectivity index (χ0n) is 16.2. The molecule has 0 spiro atoms. The predicted molar refractivity (Wildman–Crippen MR) is 120 cm³/mol. The maximum atomic E-state index is 11.1. The van der Waals surface area contributed by atoms with Gasteiger partial charge in [-0.25, -0.2) is 0 Å². The smallest absolute Gasteiger partial charge is 0.288 e. The van der Waals surface area contributed by atoms with Crippen molar-refractivity contribution in [3.05, 3.63) is 96.3 Å². The maximum Gasteiger partial charge on any atom is 0.288 e. The van der Waals surface area contributed by atoms with Crippen LogP contribution in [-0.4, -0.2) is 10.1 Å². The number of para-hydroxylation sites is 1. The Labute approximate surface area is 172 Å². The van der Waals surface area contributed by atoms with Gasteiger partial charge in [-0.3, -0.25) is 0 Å². The fraction of sp³-hybridized carbons (Fsp3) is 0.167. The highest BCUT2D eigenvalue weighted by molar-refractivity contribution is 7.81. The van der Waals surface area contributed by atoms with Crippen molar-refractivity contribution in [3.63, 3.8) is 0 Å². The van der Waals surface area contributed by atoms with Crippen LogP contribution in [0.2, 0.25) is 0 Å². The third kappa shape index (κ3) is 4.65. The Balaban J connectivity index is 2.01. The van der Waals surface area contributed by atoms with Gasteiger partial charge < -0.3 is 10.4 Å². The van der Waals surface area contributed by atoms with E-state index in [9.17, 15) is 5.11 Å². The molecule has 1 aromatic heterocycles. The summed E-state index contributed by atoms with van der Waals surface area (Å²) in [4.78, 5) is 0.450. The summed E-state index contributed by atoms with van der Waals surface area (Å²) in [6.07, 6.45) is 4.83. The molecule has 0 aliphatic heterocycles. The number of aliphatic hydroxyl groups excluding tert-OH is 1. The van der Waals surface area contributed by atoms with Gasteiger partial charge in [0.2, 0.25) is 0 Å². The molecule has 2 aromatic carbocycles. The van der Waals surface area contributed by atoms with E-state index in [1.54, 1.807) is 0 Å². The molecule has 3 aromatic rings. The van der Waals surface area contributed by atoms with Crippen molar-refractivity contribution in [3.8, 4) is 0 Å². The molecule has 0 aliphatic rings. The second-order valence-electron chi connectivity index (χ2n) is 6.73. The predicted octanol–water partition coefficient (Wildman–Crippen LogP) is 5.81. The summed E-state index contributed by atoms with van der Waals surface area (Å²) < 4.78 is 1.83. The van der Waals surface area contributed by atoms with E-state index in [2.05, 4.69) is 31.3 Å². The summed E-state index contributed by atoms with van der Waals surface area (Å²) >= 11 is 5.65. The fourth-order valence-corrected chi connectivity index (χ4v) is 3.27. The van der Waals surface area contributed by atoms with Gasteiger partial charge >= 0.3 is 0 Å². The van der Waals surface area contributed by atoms with Crippen LogP contribution in [0.1, 0.15) is 37.3 Å². The first kappa shape index (κ1) is 19.8. The molecule has 0 fully saturated rings. The molecule has 0 saturated heterocycles. The minimum Gasteiger partial charge on any atom is -0.502 e. The third-order valence-electron chi connectivity index (χ3n) is 4.81. The summed E-state index contributed by atoms with van der Waals surface area (Å²) in [6, 6.07) is 23.5. The van der Waals surface area contributed by atoms with Crippen LogP contribution in [0.5, 0.6) is 0 Å². The molecule has 0 aliphatic carbocycles. The number of nitrogens with zero attached hydrogens (tertiary/aromatic N) is 1. The van der Waals surface area contributed by atoms with Crippen LogP contribution in [-0.2, 0) is 0 Å². The molecule has 3 rings (SSSR count). The van der Waals surface area contributed by atoms with E-state index in [1.165, 1.54) is 5.56 Å².